The van der Waals surface area contributed by atoms with E-state index in [-0.39, 0.29) is 24.4 Å². The summed E-state index contributed by atoms with van der Waals surface area (Å²) in [5, 5.41) is 12.0. The summed E-state index contributed by atoms with van der Waals surface area (Å²) in [5.41, 5.74) is 0.797. The summed E-state index contributed by atoms with van der Waals surface area (Å²) in [6.45, 7) is 0.241. The van der Waals surface area contributed by atoms with Gasteiger partial charge in [0.15, 0.2) is 0 Å². The second-order valence-electron chi connectivity index (χ2n) is 5.29. The zero-order valence-electron chi connectivity index (χ0n) is 11.4. The van der Waals surface area contributed by atoms with Crippen LogP contribution >= 0.6 is 0 Å². The van der Waals surface area contributed by atoms with Gasteiger partial charge in [0.05, 0.1) is 0 Å². The highest BCUT2D eigenvalue weighted by Gasteiger charge is 2.20. The molecule has 1 aromatic rings. The molecular formula is C16H20FNO2. The van der Waals surface area contributed by atoms with Crippen LogP contribution in [0.4, 0.5) is 4.39 Å². The van der Waals surface area contributed by atoms with Crippen LogP contribution in [0.3, 0.4) is 0 Å². The van der Waals surface area contributed by atoms with E-state index < -0.39 is 0 Å². The number of hydrogen-bond acceptors (Lipinski definition) is 2. The predicted molar refractivity (Wildman–Crippen MR) is 76.4 cm³/mol. The van der Waals surface area contributed by atoms with Crippen LogP contribution in [-0.2, 0) is 4.79 Å². The fraction of sp³-hybridized carbons (Fsp3) is 0.438. The van der Waals surface area contributed by atoms with Gasteiger partial charge in [-0.2, -0.15) is 0 Å². The zero-order valence-corrected chi connectivity index (χ0v) is 11.4. The molecule has 4 heteroatoms. The smallest absolute Gasteiger partial charge is 0.244 e. The Morgan fingerprint density at radius 2 is 1.90 bits per heavy atom. The van der Waals surface area contributed by atoms with Crippen LogP contribution in [0.2, 0.25) is 0 Å². The van der Waals surface area contributed by atoms with Crippen LogP contribution < -0.4 is 5.32 Å². The maximum Gasteiger partial charge on any atom is 0.244 e. The van der Waals surface area contributed by atoms with Gasteiger partial charge in [-0.25, -0.2) is 4.39 Å². The Hall–Kier alpha value is -1.68. The van der Waals surface area contributed by atoms with Crippen molar-refractivity contribution in [1.29, 1.82) is 0 Å². The fourth-order valence-electron chi connectivity index (χ4n) is 2.48. The molecule has 3 nitrogen and oxygen atoms in total. The van der Waals surface area contributed by atoms with Gasteiger partial charge in [0.25, 0.3) is 0 Å². The van der Waals surface area contributed by atoms with Gasteiger partial charge in [-0.05, 0) is 55.4 Å². The van der Waals surface area contributed by atoms with E-state index in [4.69, 9.17) is 5.11 Å². The molecule has 1 aliphatic rings. The van der Waals surface area contributed by atoms with Crippen LogP contribution in [-0.4, -0.2) is 23.7 Å². The molecule has 0 aliphatic heterocycles. The lowest BCUT2D eigenvalue weighted by atomic mass is 9.86. The van der Waals surface area contributed by atoms with Crippen molar-refractivity contribution in [2.24, 2.45) is 5.92 Å². The number of nitrogens with one attached hydrogen (secondary N) is 1. The Morgan fingerprint density at radius 1 is 1.25 bits per heavy atom. The number of aliphatic hydroxyl groups excluding tert-OH is 1. The lowest BCUT2D eigenvalue weighted by molar-refractivity contribution is -0.117. The fourth-order valence-corrected chi connectivity index (χ4v) is 2.48. The number of amides is 1. The van der Waals surface area contributed by atoms with Gasteiger partial charge in [0, 0.05) is 18.7 Å². The average Bonchev–Trinajstić information content (AvgIpc) is 2.47. The summed E-state index contributed by atoms with van der Waals surface area (Å²) in [6.07, 6.45) is 6.91. The normalized spacial score (nSPS) is 22.9. The van der Waals surface area contributed by atoms with E-state index in [0.29, 0.717) is 5.92 Å². The monoisotopic (exact) mass is 277 g/mol. The molecule has 108 valence electrons. The second kappa shape index (κ2) is 7.20. The van der Waals surface area contributed by atoms with E-state index in [0.717, 1.165) is 31.2 Å². The summed E-state index contributed by atoms with van der Waals surface area (Å²) in [5.74, 6) is -0.0214. The van der Waals surface area contributed by atoms with Gasteiger partial charge >= 0.3 is 0 Å². The molecule has 1 saturated carbocycles. The van der Waals surface area contributed by atoms with Gasteiger partial charge in [-0.1, -0.05) is 12.1 Å². The first-order chi connectivity index (χ1) is 9.67. The van der Waals surface area contributed by atoms with Gasteiger partial charge in [0.1, 0.15) is 5.82 Å². The Kier molecular flexibility index (Phi) is 5.30. The maximum atomic E-state index is 12.7. The number of aliphatic hydroxyl groups is 1. The summed E-state index contributed by atoms with van der Waals surface area (Å²) in [6, 6.07) is 6.20. The molecule has 2 N–H and O–H groups in total. The highest BCUT2D eigenvalue weighted by molar-refractivity contribution is 5.91. The number of halogens is 1. The molecule has 0 spiro atoms. The molecule has 1 amide bonds. The Bertz CT molecular complexity index is 462. The van der Waals surface area contributed by atoms with Gasteiger partial charge in [-0.3, -0.25) is 4.79 Å². The first-order valence-corrected chi connectivity index (χ1v) is 7.02. The van der Waals surface area contributed by atoms with Crippen LogP contribution in [0.25, 0.3) is 6.08 Å². The summed E-state index contributed by atoms with van der Waals surface area (Å²) in [4.78, 5) is 11.8. The minimum absolute atomic E-state index is 0.123. The third kappa shape index (κ3) is 4.46. The van der Waals surface area contributed by atoms with E-state index in [1.54, 1.807) is 18.2 Å². The molecule has 1 aliphatic carbocycles. The number of hydrogen-bond donors (Lipinski definition) is 2. The van der Waals surface area contributed by atoms with E-state index in [1.807, 2.05) is 0 Å². The summed E-state index contributed by atoms with van der Waals surface area (Å²) in [7, 11) is 0. The van der Waals surface area contributed by atoms with Gasteiger partial charge in [-0.15, -0.1) is 0 Å². The Labute approximate surface area is 118 Å². The van der Waals surface area contributed by atoms with E-state index in [2.05, 4.69) is 5.32 Å². The molecule has 0 saturated heterocycles. The van der Waals surface area contributed by atoms with Crippen molar-refractivity contribution >= 4 is 12.0 Å². The van der Waals surface area contributed by atoms with Crippen molar-refractivity contribution in [2.45, 2.75) is 31.7 Å². The molecule has 0 radical (unpaired) electrons. The summed E-state index contributed by atoms with van der Waals surface area (Å²) >= 11 is 0. The van der Waals surface area contributed by atoms with Gasteiger partial charge < -0.3 is 10.4 Å². The third-order valence-corrected chi connectivity index (χ3v) is 3.75. The van der Waals surface area contributed by atoms with Crippen LogP contribution in [0.15, 0.2) is 30.3 Å². The number of benzene rings is 1. The molecule has 20 heavy (non-hydrogen) atoms. The standard InChI is InChI=1S/C16H20FNO2/c17-14-6-1-12(2-7-14)5-10-16(20)18-15-8-3-13(11-19)4-9-15/h1-2,5-7,10,13,15,19H,3-4,8-9,11H2,(H,18,20)/b10-5+. The first kappa shape index (κ1) is 14.7. The van der Waals surface area contributed by atoms with Crippen molar-refractivity contribution in [3.63, 3.8) is 0 Å². The molecule has 2 rings (SSSR count). The van der Waals surface area contributed by atoms with Crippen molar-refractivity contribution in [2.75, 3.05) is 6.61 Å². The Morgan fingerprint density at radius 3 is 2.50 bits per heavy atom. The number of rotatable bonds is 4. The van der Waals surface area contributed by atoms with Crippen molar-refractivity contribution in [3.05, 3.63) is 41.7 Å². The van der Waals surface area contributed by atoms with Gasteiger partial charge in [0.2, 0.25) is 5.91 Å². The maximum absolute atomic E-state index is 12.7. The molecule has 1 fully saturated rings. The van der Waals surface area contributed by atoms with E-state index in [9.17, 15) is 9.18 Å². The van der Waals surface area contributed by atoms with E-state index >= 15 is 0 Å². The van der Waals surface area contributed by atoms with Crippen molar-refractivity contribution in [1.82, 2.24) is 5.32 Å². The van der Waals surface area contributed by atoms with Crippen LogP contribution in [0.1, 0.15) is 31.2 Å². The Balaban J connectivity index is 1.79. The lowest BCUT2D eigenvalue weighted by Gasteiger charge is -2.27. The first-order valence-electron chi connectivity index (χ1n) is 7.02. The highest BCUT2D eigenvalue weighted by Crippen LogP contribution is 2.23. The highest BCUT2D eigenvalue weighted by atomic mass is 19.1. The van der Waals surface area contributed by atoms with Crippen molar-refractivity contribution < 1.29 is 14.3 Å². The third-order valence-electron chi connectivity index (χ3n) is 3.75. The molecule has 0 aromatic heterocycles. The molecule has 0 bridgehead atoms. The molecule has 1 aromatic carbocycles. The summed E-state index contributed by atoms with van der Waals surface area (Å²) < 4.78 is 12.7. The minimum Gasteiger partial charge on any atom is -0.396 e. The molecular weight excluding hydrogens is 257 g/mol. The van der Waals surface area contributed by atoms with Crippen LogP contribution in [0.5, 0.6) is 0 Å². The topological polar surface area (TPSA) is 49.3 Å². The molecule has 0 atom stereocenters. The molecule has 0 unspecified atom stereocenters. The zero-order chi connectivity index (χ0) is 14.4. The SMILES string of the molecule is O=C(/C=C/c1ccc(F)cc1)NC1CCC(CO)CC1. The quantitative estimate of drug-likeness (QED) is 0.831. The van der Waals surface area contributed by atoms with Crippen LogP contribution in [0, 0.1) is 11.7 Å². The van der Waals surface area contributed by atoms with Crippen molar-refractivity contribution in [3.8, 4) is 0 Å². The predicted octanol–water partition coefficient (Wildman–Crippen LogP) is 2.51. The number of carbonyl (C=O) groups excluding carboxylic acids is 1. The second-order valence-corrected chi connectivity index (χ2v) is 5.29. The minimum atomic E-state index is -0.285. The van der Waals surface area contributed by atoms with E-state index in [1.165, 1.54) is 18.2 Å². The lowest BCUT2D eigenvalue weighted by Crippen LogP contribution is -2.37. The molecule has 0 heterocycles. The number of carbonyl (C=O) groups is 1. The largest absolute Gasteiger partial charge is 0.396 e. The average molecular weight is 277 g/mol.